The summed E-state index contributed by atoms with van der Waals surface area (Å²) < 4.78 is 14.4. The lowest BCUT2D eigenvalue weighted by Crippen LogP contribution is -2.21. The van der Waals surface area contributed by atoms with Crippen molar-refractivity contribution in [3.8, 4) is 11.4 Å². The Balaban J connectivity index is 2.14. The van der Waals surface area contributed by atoms with Gasteiger partial charge in [-0.1, -0.05) is 0 Å². The monoisotopic (exact) mass is 265 g/mol. The maximum Gasteiger partial charge on any atom is 0.332 e. The molecule has 2 rings (SSSR count). The van der Waals surface area contributed by atoms with Crippen molar-refractivity contribution >= 4 is 5.97 Å². The normalized spacial score (nSPS) is 12.3. The van der Waals surface area contributed by atoms with E-state index in [0.717, 1.165) is 0 Å². The molecule has 1 heterocycles. The first kappa shape index (κ1) is 13.2. The van der Waals surface area contributed by atoms with Crippen LogP contribution in [0.2, 0.25) is 0 Å². The third kappa shape index (κ3) is 3.14. The van der Waals surface area contributed by atoms with Gasteiger partial charge in [-0.25, -0.2) is 9.18 Å². The van der Waals surface area contributed by atoms with Crippen molar-refractivity contribution in [3.05, 3.63) is 36.4 Å². The standard InChI is InChI=1S/C12H12FN3O3/c13-9-3-1-8(2-4-9)11-15-14-7-16(11)6-5-10(17)12(18)19/h1-4,7,10,17H,5-6H2,(H,18,19). The van der Waals surface area contributed by atoms with Gasteiger partial charge in [0.2, 0.25) is 0 Å². The second-order valence-corrected chi connectivity index (χ2v) is 4.00. The molecule has 1 aromatic carbocycles. The molecule has 7 heteroatoms. The van der Waals surface area contributed by atoms with E-state index in [9.17, 15) is 14.3 Å². The van der Waals surface area contributed by atoms with Crippen molar-refractivity contribution in [1.29, 1.82) is 0 Å². The predicted octanol–water partition coefficient (Wildman–Crippen LogP) is 0.920. The second-order valence-electron chi connectivity index (χ2n) is 4.00. The van der Waals surface area contributed by atoms with Crippen LogP contribution in [0.3, 0.4) is 0 Å². The molecule has 0 aliphatic heterocycles. The number of halogens is 1. The van der Waals surface area contributed by atoms with Crippen LogP contribution < -0.4 is 0 Å². The molecule has 0 fully saturated rings. The smallest absolute Gasteiger partial charge is 0.332 e. The zero-order chi connectivity index (χ0) is 13.8. The van der Waals surface area contributed by atoms with E-state index in [1.807, 2.05) is 0 Å². The van der Waals surface area contributed by atoms with E-state index in [2.05, 4.69) is 10.2 Å². The van der Waals surface area contributed by atoms with Crippen LogP contribution in [0.15, 0.2) is 30.6 Å². The summed E-state index contributed by atoms with van der Waals surface area (Å²) in [7, 11) is 0. The molecular formula is C12H12FN3O3. The van der Waals surface area contributed by atoms with Crippen molar-refractivity contribution in [1.82, 2.24) is 14.8 Å². The maximum atomic E-state index is 12.8. The van der Waals surface area contributed by atoms with E-state index in [0.29, 0.717) is 11.4 Å². The first-order valence-corrected chi connectivity index (χ1v) is 5.62. The number of hydrogen-bond acceptors (Lipinski definition) is 4. The topological polar surface area (TPSA) is 88.2 Å². The van der Waals surface area contributed by atoms with Crippen LogP contribution in [-0.2, 0) is 11.3 Å². The third-order valence-electron chi connectivity index (χ3n) is 2.65. The van der Waals surface area contributed by atoms with Gasteiger partial charge in [0.25, 0.3) is 0 Å². The Morgan fingerprint density at radius 3 is 2.68 bits per heavy atom. The summed E-state index contributed by atoms with van der Waals surface area (Å²) in [5, 5.41) is 25.4. The molecule has 2 aromatic rings. The van der Waals surface area contributed by atoms with Gasteiger partial charge >= 0.3 is 5.97 Å². The van der Waals surface area contributed by atoms with E-state index in [1.165, 1.54) is 18.5 Å². The van der Waals surface area contributed by atoms with E-state index < -0.39 is 12.1 Å². The van der Waals surface area contributed by atoms with Gasteiger partial charge in [-0.15, -0.1) is 10.2 Å². The maximum absolute atomic E-state index is 12.8. The Hall–Kier alpha value is -2.28. The van der Waals surface area contributed by atoms with Crippen LogP contribution >= 0.6 is 0 Å². The predicted molar refractivity (Wildman–Crippen MR) is 63.7 cm³/mol. The van der Waals surface area contributed by atoms with Crippen molar-refractivity contribution < 1.29 is 19.4 Å². The van der Waals surface area contributed by atoms with Gasteiger partial charge in [0, 0.05) is 18.5 Å². The molecule has 2 N–H and O–H groups in total. The van der Waals surface area contributed by atoms with Crippen LogP contribution in [0.4, 0.5) is 4.39 Å². The highest BCUT2D eigenvalue weighted by Crippen LogP contribution is 2.17. The zero-order valence-electron chi connectivity index (χ0n) is 9.90. The first-order chi connectivity index (χ1) is 9.08. The summed E-state index contributed by atoms with van der Waals surface area (Å²) in [6.07, 6.45) is 0.0536. The lowest BCUT2D eigenvalue weighted by molar-refractivity contribution is -0.147. The summed E-state index contributed by atoms with van der Waals surface area (Å²) in [4.78, 5) is 10.5. The molecule has 1 unspecified atom stereocenters. The first-order valence-electron chi connectivity index (χ1n) is 5.62. The van der Waals surface area contributed by atoms with E-state index in [1.54, 1.807) is 16.7 Å². The van der Waals surface area contributed by atoms with Crippen LogP contribution in [0.1, 0.15) is 6.42 Å². The summed E-state index contributed by atoms with van der Waals surface area (Å²) in [5.74, 6) is -1.12. The number of carbonyl (C=O) groups is 1. The Morgan fingerprint density at radius 1 is 1.37 bits per heavy atom. The Morgan fingerprint density at radius 2 is 2.05 bits per heavy atom. The number of carboxylic acids is 1. The minimum Gasteiger partial charge on any atom is -0.479 e. The van der Waals surface area contributed by atoms with Crippen LogP contribution in [-0.4, -0.2) is 37.1 Å². The Kier molecular flexibility index (Phi) is 3.86. The molecule has 6 nitrogen and oxygen atoms in total. The summed E-state index contributed by atoms with van der Waals surface area (Å²) in [6.45, 7) is 0.257. The largest absolute Gasteiger partial charge is 0.479 e. The lowest BCUT2D eigenvalue weighted by Gasteiger charge is -2.08. The third-order valence-corrected chi connectivity index (χ3v) is 2.65. The van der Waals surface area contributed by atoms with Gasteiger partial charge in [-0.05, 0) is 24.3 Å². The molecule has 0 aliphatic rings. The molecule has 0 amide bonds. The lowest BCUT2D eigenvalue weighted by atomic mass is 10.2. The molecule has 0 spiro atoms. The Labute approximate surface area is 108 Å². The quantitative estimate of drug-likeness (QED) is 0.839. The number of aliphatic carboxylic acids is 1. The van der Waals surface area contributed by atoms with Gasteiger partial charge < -0.3 is 14.8 Å². The van der Waals surface area contributed by atoms with Gasteiger partial charge in [-0.2, -0.15) is 0 Å². The molecule has 0 saturated heterocycles. The minimum atomic E-state index is -1.43. The number of aliphatic hydroxyl groups is 1. The van der Waals surface area contributed by atoms with Gasteiger partial charge in [0.1, 0.15) is 12.1 Å². The van der Waals surface area contributed by atoms with Gasteiger partial charge in [0.05, 0.1) is 0 Å². The number of aromatic nitrogens is 3. The highest BCUT2D eigenvalue weighted by atomic mass is 19.1. The molecule has 19 heavy (non-hydrogen) atoms. The molecule has 0 aliphatic carbocycles. The Bertz CT molecular complexity index is 568. The number of aryl methyl sites for hydroxylation is 1. The molecule has 0 bridgehead atoms. The molecule has 100 valence electrons. The SMILES string of the molecule is O=C(O)C(O)CCn1cnnc1-c1ccc(F)cc1. The average Bonchev–Trinajstić information content (AvgIpc) is 2.85. The number of hydrogen-bond donors (Lipinski definition) is 2. The van der Waals surface area contributed by atoms with Gasteiger partial charge in [-0.3, -0.25) is 0 Å². The molecule has 0 radical (unpaired) electrons. The average molecular weight is 265 g/mol. The van der Waals surface area contributed by atoms with Crippen LogP contribution in [0.5, 0.6) is 0 Å². The van der Waals surface area contributed by atoms with E-state index in [-0.39, 0.29) is 18.8 Å². The minimum absolute atomic E-state index is 0.0432. The molecular weight excluding hydrogens is 253 g/mol. The van der Waals surface area contributed by atoms with Gasteiger partial charge in [0.15, 0.2) is 11.9 Å². The summed E-state index contributed by atoms with van der Waals surface area (Å²) in [5.41, 5.74) is 0.670. The fourth-order valence-electron chi connectivity index (χ4n) is 1.63. The fraction of sp³-hybridized carbons (Fsp3) is 0.250. The molecule has 0 saturated carbocycles. The number of nitrogens with zero attached hydrogens (tertiary/aromatic N) is 3. The summed E-state index contributed by atoms with van der Waals surface area (Å²) in [6, 6.07) is 5.73. The second kappa shape index (κ2) is 5.57. The number of aliphatic hydroxyl groups excluding tert-OH is 1. The van der Waals surface area contributed by atoms with Crippen LogP contribution in [0.25, 0.3) is 11.4 Å². The van der Waals surface area contributed by atoms with E-state index in [4.69, 9.17) is 5.11 Å². The highest BCUT2D eigenvalue weighted by Gasteiger charge is 2.14. The number of benzene rings is 1. The van der Waals surface area contributed by atoms with Crippen molar-refractivity contribution in [2.75, 3.05) is 0 Å². The summed E-state index contributed by atoms with van der Waals surface area (Å²) >= 11 is 0. The fourth-order valence-corrected chi connectivity index (χ4v) is 1.63. The van der Waals surface area contributed by atoms with Crippen molar-refractivity contribution in [2.24, 2.45) is 0 Å². The molecule has 1 atom stereocenters. The molecule has 1 aromatic heterocycles. The number of rotatable bonds is 5. The zero-order valence-corrected chi connectivity index (χ0v) is 9.90. The number of carboxylic acid groups (broad SMARTS) is 1. The van der Waals surface area contributed by atoms with Crippen molar-refractivity contribution in [2.45, 2.75) is 19.1 Å². The van der Waals surface area contributed by atoms with Crippen LogP contribution in [0, 0.1) is 5.82 Å². The van der Waals surface area contributed by atoms with Crippen molar-refractivity contribution in [3.63, 3.8) is 0 Å². The highest BCUT2D eigenvalue weighted by molar-refractivity contribution is 5.71. The van der Waals surface area contributed by atoms with E-state index >= 15 is 0 Å².